The van der Waals surface area contributed by atoms with Gasteiger partial charge in [0.05, 0.1) is 7.11 Å². The van der Waals surface area contributed by atoms with E-state index in [1.54, 1.807) is 7.11 Å². The lowest BCUT2D eigenvalue weighted by atomic mass is 9.93. The van der Waals surface area contributed by atoms with Gasteiger partial charge in [0.15, 0.2) is 0 Å². The maximum atomic E-state index is 13.2. The smallest absolute Gasteiger partial charge is 0.270 e. The third kappa shape index (κ3) is 4.49. The third-order valence-corrected chi connectivity index (χ3v) is 6.63. The number of rotatable bonds is 5. The van der Waals surface area contributed by atoms with Crippen molar-refractivity contribution < 1.29 is 9.53 Å². The minimum absolute atomic E-state index is 0.0740. The molecule has 2 aromatic heterocycles. The summed E-state index contributed by atoms with van der Waals surface area (Å²) in [5.74, 6) is 1.21. The molecule has 1 atom stereocenters. The molecule has 1 fully saturated rings. The van der Waals surface area contributed by atoms with Crippen LogP contribution in [0.25, 0.3) is 10.9 Å². The van der Waals surface area contributed by atoms with Crippen molar-refractivity contribution >= 4 is 16.8 Å². The van der Waals surface area contributed by atoms with E-state index in [0.29, 0.717) is 12.2 Å². The Balaban J connectivity index is 1.28. The number of amides is 1. The van der Waals surface area contributed by atoms with Crippen LogP contribution in [0.2, 0.25) is 0 Å². The van der Waals surface area contributed by atoms with Crippen LogP contribution in [-0.4, -0.2) is 41.0 Å². The topological polar surface area (TPSA) is 58.2 Å². The fraction of sp³-hybridized carbons (Fsp3) is 0.286. The summed E-state index contributed by atoms with van der Waals surface area (Å²) in [6, 6.07) is 20.5. The van der Waals surface area contributed by atoms with Gasteiger partial charge in [-0.2, -0.15) is 0 Å². The Kier molecular flexibility index (Phi) is 5.86. The molecular weight excluding hydrogens is 410 g/mol. The van der Waals surface area contributed by atoms with Crippen LogP contribution in [0.15, 0.2) is 66.9 Å². The van der Waals surface area contributed by atoms with Crippen molar-refractivity contribution in [1.82, 2.24) is 14.9 Å². The van der Waals surface area contributed by atoms with Crippen LogP contribution in [0, 0.1) is 6.92 Å². The molecule has 0 radical (unpaired) electrons. The molecule has 33 heavy (non-hydrogen) atoms. The van der Waals surface area contributed by atoms with E-state index in [1.807, 2.05) is 41.4 Å². The summed E-state index contributed by atoms with van der Waals surface area (Å²) in [6.45, 7) is 3.57. The molecule has 5 nitrogen and oxygen atoms in total. The van der Waals surface area contributed by atoms with Gasteiger partial charge in [-0.1, -0.05) is 30.3 Å². The molecule has 1 N–H and O–H groups in total. The number of nitrogens with one attached hydrogen (secondary N) is 1. The van der Waals surface area contributed by atoms with Crippen LogP contribution < -0.4 is 4.74 Å². The zero-order valence-electron chi connectivity index (χ0n) is 19.2. The maximum absolute atomic E-state index is 13.2. The third-order valence-electron chi connectivity index (χ3n) is 6.63. The number of piperidine rings is 1. The number of hydrogen-bond acceptors (Lipinski definition) is 3. The minimum Gasteiger partial charge on any atom is -0.497 e. The minimum atomic E-state index is 0.0740. The molecule has 1 saturated heterocycles. The van der Waals surface area contributed by atoms with E-state index in [4.69, 9.17) is 9.72 Å². The van der Waals surface area contributed by atoms with E-state index in [0.717, 1.165) is 48.2 Å². The number of methoxy groups -OCH3 is 1. The first-order valence-corrected chi connectivity index (χ1v) is 11.6. The lowest BCUT2D eigenvalue weighted by molar-refractivity contribution is 0.0701. The van der Waals surface area contributed by atoms with Crippen LogP contribution in [0.5, 0.6) is 5.75 Å². The molecule has 4 aromatic rings. The van der Waals surface area contributed by atoms with Crippen molar-refractivity contribution in [2.75, 3.05) is 20.2 Å². The van der Waals surface area contributed by atoms with Gasteiger partial charge in [-0.25, -0.2) is 0 Å². The van der Waals surface area contributed by atoms with Gasteiger partial charge in [-0.15, -0.1) is 0 Å². The molecule has 0 bridgehead atoms. The van der Waals surface area contributed by atoms with Gasteiger partial charge in [0, 0.05) is 41.8 Å². The zero-order valence-corrected chi connectivity index (χ0v) is 19.2. The number of fused-ring (bicyclic) bond motifs is 1. The lowest BCUT2D eigenvalue weighted by Gasteiger charge is -2.32. The first-order valence-electron chi connectivity index (χ1n) is 11.6. The van der Waals surface area contributed by atoms with Gasteiger partial charge in [0.25, 0.3) is 5.91 Å². The second-order valence-electron chi connectivity index (χ2n) is 8.93. The molecule has 1 aliphatic heterocycles. The second-order valence-corrected chi connectivity index (χ2v) is 8.93. The van der Waals surface area contributed by atoms with E-state index in [2.05, 4.69) is 42.2 Å². The Morgan fingerprint density at radius 3 is 2.79 bits per heavy atom. The standard InChI is InChI=1S/C28H29N3O2/c1-19-6-3-10-26-24(19)16-27(30-26)28(32)31-13-5-8-22(18-31)25-12-11-21(17-29-25)14-20-7-4-9-23(15-20)33-2/h3-4,6-7,9-12,15-17,22,30H,5,8,13-14,18H2,1-2H3/t22-/m0/s1. The Morgan fingerprint density at radius 1 is 1.12 bits per heavy atom. The highest BCUT2D eigenvalue weighted by Crippen LogP contribution is 2.28. The van der Waals surface area contributed by atoms with Gasteiger partial charge in [0.1, 0.15) is 11.4 Å². The Morgan fingerprint density at radius 2 is 2.00 bits per heavy atom. The second kappa shape index (κ2) is 9.10. The number of aromatic nitrogens is 2. The number of likely N-dealkylation sites (tertiary alicyclic amines) is 1. The molecule has 3 heterocycles. The predicted molar refractivity (Wildman–Crippen MR) is 131 cm³/mol. The van der Waals surface area contributed by atoms with E-state index in [1.165, 1.54) is 16.7 Å². The van der Waals surface area contributed by atoms with Crippen LogP contribution in [0.3, 0.4) is 0 Å². The number of aryl methyl sites for hydroxylation is 1. The average molecular weight is 440 g/mol. The predicted octanol–water partition coefficient (Wildman–Crippen LogP) is 5.49. The highest BCUT2D eigenvalue weighted by Gasteiger charge is 2.27. The number of H-pyrrole nitrogens is 1. The molecule has 0 unspecified atom stereocenters. The van der Waals surface area contributed by atoms with Gasteiger partial charge in [0.2, 0.25) is 0 Å². The van der Waals surface area contributed by atoms with Crippen molar-refractivity contribution in [3.63, 3.8) is 0 Å². The largest absolute Gasteiger partial charge is 0.497 e. The fourth-order valence-electron chi connectivity index (χ4n) is 4.80. The molecule has 168 valence electrons. The number of carbonyl (C=O) groups excluding carboxylic acids is 1. The van der Waals surface area contributed by atoms with E-state index in [-0.39, 0.29) is 11.8 Å². The highest BCUT2D eigenvalue weighted by atomic mass is 16.5. The SMILES string of the molecule is COc1cccc(Cc2ccc([C@H]3CCCN(C(=O)c4cc5c(C)cccc5[nH]4)C3)nc2)c1. The first kappa shape index (κ1) is 21.3. The summed E-state index contributed by atoms with van der Waals surface area (Å²) in [6.07, 6.45) is 4.83. The number of ether oxygens (including phenoxy) is 1. The summed E-state index contributed by atoms with van der Waals surface area (Å²) in [4.78, 5) is 23.3. The van der Waals surface area contributed by atoms with Crippen molar-refractivity contribution in [2.45, 2.75) is 32.1 Å². The van der Waals surface area contributed by atoms with Crippen LogP contribution in [0.1, 0.15) is 51.6 Å². The van der Waals surface area contributed by atoms with E-state index < -0.39 is 0 Å². The number of hydrogen-bond donors (Lipinski definition) is 1. The van der Waals surface area contributed by atoms with Crippen molar-refractivity contribution in [3.8, 4) is 5.75 Å². The Labute approximate surface area is 194 Å². The summed E-state index contributed by atoms with van der Waals surface area (Å²) >= 11 is 0. The van der Waals surface area contributed by atoms with Gasteiger partial charge in [-0.3, -0.25) is 9.78 Å². The molecule has 1 amide bonds. The van der Waals surface area contributed by atoms with Gasteiger partial charge in [-0.05, 0) is 73.2 Å². The van der Waals surface area contributed by atoms with Crippen LogP contribution in [0.4, 0.5) is 0 Å². The molecular formula is C28H29N3O2. The normalized spacial score (nSPS) is 16.2. The summed E-state index contributed by atoms with van der Waals surface area (Å²) in [7, 11) is 1.69. The van der Waals surface area contributed by atoms with Crippen molar-refractivity contribution in [1.29, 1.82) is 0 Å². The monoisotopic (exact) mass is 439 g/mol. The highest BCUT2D eigenvalue weighted by molar-refractivity contribution is 5.98. The molecule has 5 rings (SSSR count). The summed E-state index contributed by atoms with van der Waals surface area (Å²) in [5.41, 5.74) is 6.30. The van der Waals surface area contributed by atoms with E-state index >= 15 is 0 Å². The number of pyridine rings is 1. The molecule has 2 aromatic carbocycles. The molecule has 0 saturated carbocycles. The Bertz CT molecular complexity index is 1280. The average Bonchev–Trinajstić information content (AvgIpc) is 3.30. The maximum Gasteiger partial charge on any atom is 0.270 e. The molecule has 0 spiro atoms. The lowest BCUT2D eigenvalue weighted by Crippen LogP contribution is -2.39. The quantitative estimate of drug-likeness (QED) is 0.447. The van der Waals surface area contributed by atoms with Crippen molar-refractivity contribution in [3.05, 3.63) is 94.9 Å². The summed E-state index contributed by atoms with van der Waals surface area (Å²) < 4.78 is 5.33. The van der Waals surface area contributed by atoms with Gasteiger partial charge < -0.3 is 14.6 Å². The number of aromatic amines is 1. The summed E-state index contributed by atoms with van der Waals surface area (Å²) in [5, 5.41) is 1.11. The number of nitrogens with zero attached hydrogens (tertiary/aromatic N) is 2. The Hall–Kier alpha value is -3.60. The number of carbonyl (C=O) groups is 1. The van der Waals surface area contributed by atoms with Crippen LogP contribution >= 0.6 is 0 Å². The number of benzene rings is 2. The van der Waals surface area contributed by atoms with E-state index in [9.17, 15) is 4.79 Å². The molecule has 1 aliphatic rings. The molecule has 0 aliphatic carbocycles. The fourth-order valence-corrected chi connectivity index (χ4v) is 4.80. The van der Waals surface area contributed by atoms with Crippen molar-refractivity contribution in [2.24, 2.45) is 0 Å². The van der Waals surface area contributed by atoms with Gasteiger partial charge >= 0.3 is 0 Å². The zero-order chi connectivity index (χ0) is 22.8. The van der Waals surface area contributed by atoms with Crippen LogP contribution in [-0.2, 0) is 6.42 Å². The first-order chi connectivity index (χ1) is 16.1. The molecule has 5 heteroatoms.